The number of fused-ring (bicyclic) bond motifs is 1. The molecule has 10 heteroatoms. The van der Waals surface area contributed by atoms with Crippen molar-refractivity contribution in [2.24, 2.45) is 13.0 Å². The van der Waals surface area contributed by atoms with Crippen molar-refractivity contribution in [3.8, 4) is 22.2 Å². The van der Waals surface area contributed by atoms with E-state index in [1.54, 1.807) is 24.6 Å². The van der Waals surface area contributed by atoms with Crippen molar-refractivity contribution >= 4 is 27.4 Å². The molecule has 4 heterocycles. The van der Waals surface area contributed by atoms with Gasteiger partial charge in [-0.3, -0.25) is 4.68 Å². The number of nitrogens with zero attached hydrogens (tertiary/aromatic N) is 6. The van der Waals surface area contributed by atoms with E-state index in [9.17, 15) is 5.11 Å². The summed E-state index contributed by atoms with van der Waals surface area (Å²) in [6.07, 6.45) is 8.64. The van der Waals surface area contributed by atoms with Gasteiger partial charge in [0.25, 0.3) is 0 Å². The van der Waals surface area contributed by atoms with E-state index in [-0.39, 0.29) is 12.6 Å². The number of anilines is 1. The number of aryl methyl sites for hydroxylation is 2. The summed E-state index contributed by atoms with van der Waals surface area (Å²) in [7, 11) is 3.64. The number of imidazole rings is 1. The minimum absolute atomic E-state index is 0.239. The molecule has 4 aromatic heterocycles. The second-order valence-electron chi connectivity index (χ2n) is 8.65. The van der Waals surface area contributed by atoms with Gasteiger partial charge in [0.05, 0.1) is 23.4 Å². The van der Waals surface area contributed by atoms with Crippen LogP contribution in [0.1, 0.15) is 24.8 Å². The van der Waals surface area contributed by atoms with Crippen molar-refractivity contribution < 1.29 is 9.84 Å². The maximum absolute atomic E-state index is 9.57. The van der Waals surface area contributed by atoms with Gasteiger partial charge >= 0.3 is 0 Å². The molecule has 0 spiro atoms. The number of thiophene rings is 1. The van der Waals surface area contributed by atoms with Crippen molar-refractivity contribution in [3.05, 3.63) is 30.2 Å². The van der Waals surface area contributed by atoms with Crippen molar-refractivity contribution in [2.45, 2.75) is 38.8 Å². The van der Waals surface area contributed by atoms with Gasteiger partial charge in [0.15, 0.2) is 11.6 Å². The van der Waals surface area contributed by atoms with Crippen LogP contribution in [0.5, 0.6) is 0 Å². The van der Waals surface area contributed by atoms with Crippen molar-refractivity contribution in [1.82, 2.24) is 29.3 Å². The molecule has 174 valence electrons. The van der Waals surface area contributed by atoms with Crippen LogP contribution in [0.3, 0.4) is 0 Å². The summed E-state index contributed by atoms with van der Waals surface area (Å²) in [5, 5.41) is 19.0. The molecule has 2 N–H and O–H groups in total. The highest BCUT2D eigenvalue weighted by atomic mass is 32.1. The molecule has 0 aromatic carbocycles. The van der Waals surface area contributed by atoms with Gasteiger partial charge in [-0.1, -0.05) is 0 Å². The molecule has 0 amide bonds. The highest BCUT2D eigenvalue weighted by Gasteiger charge is 2.27. The Hall–Kier alpha value is -2.82. The number of aromatic nitrogens is 6. The monoisotopic (exact) mass is 467 g/mol. The molecule has 9 nitrogen and oxygen atoms in total. The van der Waals surface area contributed by atoms with E-state index in [0.717, 1.165) is 57.3 Å². The van der Waals surface area contributed by atoms with Gasteiger partial charge in [0.2, 0.25) is 0 Å². The highest BCUT2D eigenvalue weighted by molar-refractivity contribution is 7.22. The molecule has 1 aliphatic carbocycles. The predicted octanol–water partition coefficient (Wildman–Crippen LogP) is 3.48. The van der Waals surface area contributed by atoms with Crippen molar-refractivity contribution in [1.29, 1.82) is 0 Å². The molecule has 5 rings (SSSR count). The Kier molecular flexibility index (Phi) is 6.13. The molecule has 0 aliphatic heterocycles. The number of hydrogen-bond donors (Lipinski definition) is 2. The minimum Gasteiger partial charge on any atom is -0.396 e. The number of aliphatic hydroxyl groups is 1. The molecule has 0 bridgehead atoms. The Morgan fingerprint density at radius 1 is 1.27 bits per heavy atom. The number of rotatable bonds is 8. The van der Waals surface area contributed by atoms with E-state index in [4.69, 9.17) is 19.8 Å². The predicted molar refractivity (Wildman–Crippen MR) is 129 cm³/mol. The lowest BCUT2D eigenvalue weighted by molar-refractivity contribution is 0.183. The smallest absolute Gasteiger partial charge is 0.199 e. The van der Waals surface area contributed by atoms with E-state index in [0.29, 0.717) is 24.9 Å². The number of methoxy groups -OCH3 is 1. The van der Waals surface area contributed by atoms with Crippen molar-refractivity contribution in [2.75, 3.05) is 25.6 Å². The van der Waals surface area contributed by atoms with Crippen LogP contribution < -0.4 is 5.32 Å². The second kappa shape index (κ2) is 9.20. The fourth-order valence-electron chi connectivity index (χ4n) is 4.53. The zero-order valence-corrected chi connectivity index (χ0v) is 20.0. The average molecular weight is 468 g/mol. The lowest BCUT2D eigenvalue weighted by Gasteiger charge is -2.15. The molecule has 1 saturated carbocycles. The standard InChI is InChI=1S/C23H29N7O2S/c1-14-18-20(25-16-5-4-15(12-16)13-31)26-21(22-24-7-9-29(22)2)27-23(18)33-19(14)17-6-8-30(28-17)10-11-32-3/h6-9,15-16,31H,4-5,10-13H2,1-3H3,(H,25,26,27)/t15-,16+/m0/s1. The third-order valence-electron chi connectivity index (χ3n) is 6.35. The Balaban J connectivity index is 1.58. The minimum atomic E-state index is 0.239. The third-order valence-corrected chi connectivity index (χ3v) is 7.56. The van der Waals surface area contributed by atoms with Gasteiger partial charge in [0, 0.05) is 45.4 Å². The third kappa shape index (κ3) is 4.25. The average Bonchev–Trinajstić information content (AvgIpc) is 3.59. The first kappa shape index (κ1) is 22.0. The Morgan fingerprint density at radius 2 is 2.15 bits per heavy atom. The summed E-state index contributed by atoms with van der Waals surface area (Å²) in [5.74, 6) is 2.52. The number of aliphatic hydroxyl groups excluding tert-OH is 1. The number of ether oxygens (including phenoxy) is 1. The van der Waals surface area contributed by atoms with Crippen LogP contribution in [0.15, 0.2) is 24.7 Å². The maximum atomic E-state index is 9.57. The van der Waals surface area contributed by atoms with Crippen molar-refractivity contribution in [3.63, 3.8) is 0 Å². The second-order valence-corrected chi connectivity index (χ2v) is 9.65. The van der Waals surface area contributed by atoms with Crippen LogP contribution in [0.4, 0.5) is 5.82 Å². The molecule has 33 heavy (non-hydrogen) atoms. The summed E-state index contributed by atoms with van der Waals surface area (Å²) in [6, 6.07) is 2.32. The molecule has 1 fully saturated rings. The summed E-state index contributed by atoms with van der Waals surface area (Å²) in [4.78, 5) is 16.3. The Bertz CT molecular complexity index is 1260. The summed E-state index contributed by atoms with van der Waals surface area (Å²) >= 11 is 1.63. The van der Waals surface area contributed by atoms with Gasteiger partial charge in [0.1, 0.15) is 16.3 Å². The molecular weight excluding hydrogens is 438 g/mol. The number of nitrogens with one attached hydrogen (secondary N) is 1. The first-order valence-electron chi connectivity index (χ1n) is 11.3. The van der Waals surface area contributed by atoms with Gasteiger partial charge < -0.3 is 19.7 Å². The van der Waals surface area contributed by atoms with E-state index < -0.39 is 0 Å². The zero-order chi connectivity index (χ0) is 22.9. The molecule has 2 atom stereocenters. The normalized spacial score (nSPS) is 18.4. The molecule has 1 aliphatic rings. The van der Waals surface area contributed by atoms with Crippen LogP contribution in [0.25, 0.3) is 32.4 Å². The lowest BCUT2D eigenvalue weighted by atomic mass is 10.1. The van der Waals surface area contributed by atoms with E-state index in [1.807, 2.05) is 34.8 Å². The summed E-state index contributed by atoms with van der Waals surface area (Å²) in [6.45, 7) is 3.69. The van der Waals surface area contributed by atoms with Gasteiger partial charge in [-0.05, 0) is 43.7 Å². The van der Waals surface area contributed by atoms with Gasteiger partial charge in [-0.25, -0.2) is 15.0 Å². The number of hydrogen-bond acceptors (Lipinski definition) is 8. The first-order chi connectivity index (χ1) is 16.1. The fourth-order valence-corrected chi connectivity index (χ4v) is 5.67. The van der Waals surface area contributed by atoms with E-state index in [1.165, 1.54) is 0 Å². The largest absolute Gasteiger partial charge is 0.396 e. The summed E-state index contributed by atoms with van der Waals surface area (Å²) in [5.41, 5.74) is 2.05. The Labute approximate surface area is 196 Å². The summed E-state index contributed by atoms with van der Waals surface area (Å²) < 4.78 is 9.01. The van der Waals surface area contributed by atoms with Crippen LogP contribution in [0, 0.1) is 12.8 Å². The van der Waals surface area contributed by atoms with Crippen LogP contribution in [0.2, 0.25) is 0 Å². The van der Waals surface area contributed by atoms with Gasteiger partial charge in [-0.2, -0.15) is 5.10 Å². The molecular formula is C23H29N7O2S. The molecule has 0 radical (unpaired) electrons. The molecule has 0 saturated heterocycles. The zero-order valence-electron chi connectivity index (χ0n) is 19.2. The lowest BCUT2D eigenvalue weighted by Crippen LogP contribution is -2.18. The van der Waals surface area contributed by atoms with E-state index >= 15 is 0 Å². The quantitative estimate of drug-likeness (QED) is 0.409. The fraction of sp³-hybridized carbons (Fsp3) is 0.478. The maximum Gasteiger partial charge on any atom is 0.199 e. The van der Waals surface area contributed by atoms with E-state index in [2.05, 4.69) is 17.2 Å². The van der Waals surface area contributed by atoms with Gasteiger partial charge in [-0.15, -0.1) is 11.3 Å². The highest BCUT2D eigenvalue weighted by Crippen LogP contribution is 2.41. The SMILES string of the molecule is COCCn1ccc(-c2sc3nc(-c4nccn4C)nc(N[C@@H]4CC[C@H](CO)C4)c3c2C)n1. The topological polar surface area (TPSA) is 103 Å². The van der Waals surface area contributed by atoms with Crippen LogP contribution >= 0.6 is 11.3 Å². The Morgan fingerprint density at radius 3 is 2.88 bits per heavy atom. The van der Waals surface area contributed by atoms with Crippen LogP contribution in [-0.4, -0.2) is 60.8 Å². The van der Waals surface area contributed by atoms with Crippen LogP contribution in [-0.2, 0) is 18.3 Å². The molecule has 4 aromatic rings. The first-order valence-corrected chi connectivity index (χ1v) is 12.1. The molecule has 0 unspecified atom stereocenters.